The summed E-state index contributed by atoms with van der Waals surface area (Å²) in [6, 6.07) is 17.3. The molecule has 0 radical (unpaired) electrons. The van der Waals surface area contributed by atoms with Crippen LogP contribution in [-0.2, 0) is 19.5 Å². The zero-order chi connectivity index (χ0) is 15.8. The number of pyridine rings is 1. The maximum absolute atomic E-state index is 6.01. The SMILES string of the molecule is Cc1ccc2nc(N3CCc4ccccc4C3)c(CN)cc2c1. The summed E-state index contributed by atoms with van der Waals surface area (Å²) in [5.41, 5.74) is 12.3. The van der Waals surface area contributed by atoms with Crippen LogP contribution in [0.15, 0.2) is 48.5 Å². The first-order chi connectivity index (χ1) is 11.2. The van der Waals surface area contributed by atoms with Gasteiger partial charge in [0.2, 0.25) is 0 Å². The smallest absolute Gasteiger partial charge is 0.134 e. The molecule has 3 nitrogen and oxygen atoms in total. The molecule has 1 aliphatic heterocycles. The highest BCUT2D eigenvalue weighted by Gasteiger charge is 2.19. The molecule has 0 saturated carbocycles. The van der Waals surface area contributed by atoms with Crippen molar-refractivity contribution < 1.29 is 0 Å². The number of hydrogen-bond acceptors (Lipinski definition) is 3. The van der Waals surface area contributed by atoms with Crippen LogP contribution in [0.25, 0.3) is 10.9 Å². The lowest BCUT2D eigenvalue weighted by molar-refractivity contribution is 0.717. The molecule has 2 heterocycles. The summed E-state index contributed by atoms with van der Waals surface area (Å²) in [5.74, 6) is 1.04. The van der Waals surface area contributed by atoms with Gasteiger partial charge in [0.1, 0.15) is 5.82 Å². The molecule has 0 saturated heterocycles. The number of aromatic nitrogens is 1. The highest BCUT2D eigenvalue weighted by atomic mass is 15.2. The fourth-order valence-electron chi connectivity index (χ4n) is 3.43. The van der Waals surface area contributed by atoms with E-state index in [4.69, 9.17) is 10.7 Å². The van der Waals surface area contributed by atoms with E-state index in [0.29, 0.717) is 6.54 Å². The lowest BCUT2D eigenvalue weighted by Gasteiger charge is -2.31. The van der Waals surface area contributed by atoms with E-state index in [1.807, 2.05) is 0 Å². The third-order valence-corrected chi connectivity index (χ3v) is 4.68. The Bertz CT molecular complexity index is 870. The molecule has 0 atom stereocenters. The Hall–Kier alpha value is -2.39. The molecule has 0 amide bonds. The van der Waals surface area contributed by atoms with Crippen LogP contribution in [0.1, 0.15) is 22.3 Å². The minimum atomic E-state index is 0.518. The molecule has 3 aromatic rings. The number of benzene rings is 2. The van der Waals surface area contributed by atoms with E-state index in [1.54, 1.807) is 0 Å². The second-order valence-electron chi connectivity index (χ2n) is 6.31. The average Bonchev–Trinajstić information content (AvgIpc) is 2.60. The molecule has 1 aliphatic rings. The van der Waals surface area contributed by atoms with E-state index < -0.39 is 0 Å². The molecule has 0 spiro atoms. The van der Waals surface area contributed by atoms with E-state index in [2.05, 4.69) is 60.4 Å². The molecule has 116 valence electrons. The summed E-state index contributed by atoms with van der Waals surface area (Å²) in [4.78, 5) is 7.29. The quantitative estimate of drug-likeness (QED) is 0.787. The van der Waals surface area contributed by atoms with Gasteiger partial charge in [-0.3, -0.25) is 0 Å². The maximum Gasteiger partial charge on any atom is 0.134 e. The van der Waals surface area contributed by atoms with Gasteiger partial charge in [-0.25, -0.2) is 4.98 Å². The fraction of sp³-hybridized carbons (Fsp3) is 0.250. The third kappa shape index (κ3) is 2.57. The van der Waals surface area contributed by atoms with Crippen LogP contribution in [0.3, 0.4) is 0 Å². The Morgan fingerprint density at radius 1 is 1.09 bits per heavy atom. The summed E-state index contributed by atoms with van der Waals surface area (Å²) < 4.78 is 0. The van der Waals surface area contributed by atoms with Crippen molar-refractivity contribution in [2.45, 2.75) is 26.4 Å². The standard InChI is InChI=1S/C20H21N3/c1-14-6-7-19-17(10-14)11-18(12-21)20(22-19)23-9-8-15-4-2-3-5-16(15)13-23/h2-7,10-11H,8-9,12-13,21H2,1H3. The van der Waals surface area contributed by atoms with Gasteiger partial charge in [-0.05, 0) is 42.7 Å². The number of fused-ring (bicyclic) bond motifs is 2. The van der Waals surface area contributed by atoms with Crippen molar-refractivity contribution in [2.24, 2.45) is 5.73 Å². The molecular formula is C20H21N3. The normalized spacial score (nSPS) is 14.1. The molecule has 23 heavy (non-hydrogen) atoms. The average molecular weight is 303 g/mol. The fourth-order valence-corrected chi connectivity index (χ4v) is 3.43. The number of nitrogens with two attached hydrogens (primary N) is 1. The van der Waals surface area contributed by atoms with Crippen LogP contribution < -0.4 is 10.6 Å². The number of hydrogen-bond donors (Lipinski definition) is 1. The Balaban J connectivity index is 1.78. The molecule has 1 aromatic heterocycles. The number of anilines is 1. The lowest BCUT2D eigenvalue weighted by Crippen LogP contribution is -2.32. The summed E-state index contributed by atoms with van der Waals surface area (Å²) >= 11 is 0. The minimum absolute atomic E-state index is 0.518. The Morgan fingerprint density at radius 3 is 2.74 bits per heavy atom. The van der Waals surface area contributed by atoms with Gasteiger partial charge < -0.3 is 10.6 Å². The van der Waals surface area contributed by atoms with Crippen LogP contribution in [0.5, 0.6) is 0 Å². The van der Waals surface area contributed by atoms with Crippen molar-refractivity contribution in [3.05, 3.63) is 70.8 Å². The van der Waals surface area contributed by atoms with E-state index in [0.717, 1.165) is 36.4 Å². The zero-order valence-corrected chi connectivity index (χ0v) is 13.4. The second kappa shape index (κ2) is 5.67. The molecule has 4 rings (SSSR count). The molecule has 2 N–H and O–H groups in total. The topological polar surface area (TPSA) is 42.2 Å². The molecule has 0 bridgehead atoms. The van der Waals surface area contributed by atoms with Crippen LogP contribution in [0.4, 0.5) is 5.82 Å². The lowest BCUT2D eigenvalue weighted by atomic mass is 9.99. The van der Waals surface area contributed by atoms with Crippen molar-refractivity contribution in [3.8, 4) is 0 Å². The van der Waals surface area contributed by atoms with Crippen LogP contribution in [-0.4, -0.2) is 11.5 Å². The second-order valence-corrected chi connectivity index (χ2v) is 6.31. The van der Waals surface area contributed by atoms with E-state index in [1.165, 1.54) is 22.1 Å². The van der Waals surface area contributed by atoms with Gasteiger partial charge in [0.05, 0.1) is 5.52 Å². The van der Waals surface area contributed by atoms with Gasteiger partial charge in [-0.2, -0.15) is 0 Å². The highest BCUT2D eigenvalue weighted by Crippen LogP contribution is 2.28. The van der Waals surface area contributed by atoms with Crippen LogP contribution in [0.2, 0.25) is 0 Å². The van der Waals surface area contributed by atoms with Gasteiger partial charge >= 0.3 is 0 Å². The van der Waals surface area contributed by atoms with Crippen molar-refractivity contribution in [2.75, 3.05) is 11.4 Å². The van der Waals surface area contributed by atoms with E-state index >= 15 is 0 Å². The van der Waals surface area contributed by atoms with Crippen molar-refractivity contribution >= 4 is 16.7 Å². The van der Waals surface area contributed by atoms with Crippen molar-refractivity contribution in [1.82, 2.24) is 4.98 Å². The first-order valence-corrected chi connectivity index (χ1v) is 8.16. The maximum atomic E-state index is 6.01. The van der Waals surface area contributed by atoms with Gasteiger partial charge in [0.15, 0.2) is 0 Å². The number of rotatable bonds is 2. The van der Waals surface area contributed by atoms with Gasteiger partial charge in [-0.1, -0.05) is 35.9 Å². The van der Waals surface area contributed by atoms with Crippen molar-refractivity contribution in [3.63, 3.8) is 0 Å². The van der Waals surface area contributed by atoms with E-state index in [-0.39, 0.29) is 0 Å². The summed E-state index contributed by atoms with van der Waals surface area (Å²) in [7, 11) is 0. The monoisotopic (exact) mass is 303 g/mol. The summed E-state index contributed by atoms with van der Waals surface area (Å²) in [5, 5.41) is 1.17. The van der Waals surface area contributed by atoms with Crippen LogP contribution >= 0.6 is 0 Å². The largest absolute Gasteiger partial charge is 0.352 e. The predicted molar refractivity (Wildman–Crippen MR) is 95.6 cm³/mol. The van der Waals surface area contributed by atoms with Crippen LogP contribution in [0, 0.1) is 6.92 Å². The first-order valence-electron chi connectivity index (χ1n) is 8.16. The summed E-state index contributed by atoms with van der Waals surface area (Å²) in [6.45, 7) is 4.53. The zero-order valence-electron chi connectivity index (χ0n) is 13.4. The van der Waals surface area contributed by atoms with Gasteiger partial charge in [0.25, 0.3) is 0 Å². The Kier molecular flexibility index (Phi) is 3.50. The Labute approximate surface area is 136 Å². The van der Waals surface area contributed by atoms with E-state index in [9.17, 15) is 0 Å². The molecule has 0 aliphatic carbocycles. The third-order valence-electron chi connectivity index (χ3n) is 4.68. The predicted octanol–water partition coefficient (Wildman–Crippen LogP) is 3.56. The van der Waals surface area contributed by atoms with Gasteiger partial charge in [0, 0.05) is 30.6 Å². The molecule has 0 fully saturated rings. The molecule has 0 unspecified atom stereocenters. The highest BCUT2D eigenvalue weighted by molar-refractivity contribution is 5.82. The summed E-state index contributed by atoms with van der Waals surface area (Å²) in [6.07, 6.45) is 1.06. The van der Waals surface area contributed by atoms with Gasteiger partial charge in [-0.15, -0.1) is 0 Å². The minimum Gasteiger partial charge on any atom is -0.352 e. The Morgan fingerprint density at radius 2 is 1.91 bits per heavy atom. The number of aryl methyl sites for hydroxylation is 1. The number of nitrogens with zero attached hydrogens (tertiary/aromatic N) is 2. The molecular weight excluding hydrogens is 282 g/mol. The van der Waals surface area contributed by atoms with Crippen molar-refractivity contribution in [1.29, 1.82) is 0 Å². The molecule has 3 heteroatoms. The first kappa shape index (κ1) is 14.2. The molecule has 2 aromatic carbocycles.